The molecule has 0 spiro atoms. The number of nitrogens with zero attached hydrogens (tertiary/aromatic N) is 2. The third-order valence-electron chi connectivity index (χ3n) is 3.00. The van der Waals surface area contributed by atoms with Crippen LogP contribution in [0.2, 0.25) is 0 Å². The van der Waals surface area contributed by atoms with Gasteiger partial charge < -0.3 is 10.1 Å². The summed E-state index contributed by atoms with van der Waals surface area (Å²) < 4.78 is 6.37. The van der Waals surface area contributed by atoms with E-state index in [4.69, 9.17) is 4.74 Å². The molecule has 1 heterocycles. The van der Waals surface area contributed by atoms with Crippen molar-refractivity contribution in [2.45, 2.75) is 26.4 Å². The molecule has 6 heteroatoms. The first-order valence-electron chi connectivity index (χ1n) is 6.84. The number of aromatic nitrogens is 2. The van der Waals surface area contributed by atoms with Crippen molar-refractivity contribution >= 4 is 16.8 Å². The fourth-order valence-corrected chi connectivity index (χ4v) is 2.06. The summed E-state index contributed by atoms with van der Waals surface area (Å²) in [5, 5.41) is 3.26. The van der Waals surface area contributed by atoms with Crippen molar-refractivity contribution in [1.29, 1.82) is 0 Å². The van der Waals surface area contributed by atoms with Gasteiger partial charge in [0.05, 0.1) is 24.1 Å². The summed E-state index contributed by atoms with van der Waals surface area (Å²) >= 11 is 0. The number of carbonyl (C=O) groups is 1. The Labute approximate surface area is 122 Å². The predicted molar refractivity (Wildman–Crippen MR) is 80.5 cm³/mol. The van der Waals surface area contributed by atoms with E-state index in [2.05, 4.69) is 10.3 Å². The first kappa shape index (κ1) is 15.2. The van der Waals surface area contributed by atoms with Gasteiger partial charge in [-0.1, -0.05) is 12.1 Å². The van der Waals surface area contributed by atoms with Crippen LogP contribution in [-0.4, -0.2) is 35.2 Å². The van der Waals surface area contributed by atoms with E-state index >= 15 is 0 Å². The second kappa shape index (κ2) is 6.49. The Morgan fingerprint density at radius 2 is 2.10 bits per heavy atom. The van der Waals surface area contributed by atoms with Gasteiger partial charge in [-0.2, -0.15) is 0 Å². The van der Waals surface area contributed by atoms with Gasteiger partial charge in [-0.3, -0.25) is 14.2 Å². The maximum Gasteiger partial charge on any atom is 0.287 e. The highest BCUT2D eigenvalue weighted by Gasteiger charge is 2.17. The van der Waals surface area contributed by atoms with Gasteiger partial charge in [0.1, 0.15) is 0 Å². The van der Waals surface area contributed by atoms with E-state index in [0.29, 0.717) is 17.5 Å². The van der Waals surface area contributed by atoms with Crippen LogP contribution in [0.1, 0.15) is 24.5 Å². The summed E-state index contributed by atoms with van der Waals surface area (Å²) in [6.45, 7) is 4.34. The van der Waals surface area contributed by atoms with Crippen molar-refractivity contribution in [1.82, 2.24) is 14.9 Å². The largest absolute Gasteiger partial charge is 0.383 e. The van der Waals surface area contributed by atoms with Gasteiger partial charge in [-0.15, -0.1) is 0 Å². The lowest BCUT2D eigenvalue weighted by atomic mass is 10.2. The van der Waals surface area contributed by atoms with E-state index in [1.165, 1.54) is 4.57 Å². The van der Waals surface area contributed by atoms with Crippen LogP contribution in [0.5, 0.6) is 0 Å². The van der Waals surface area contributed by atoms with Crippen LogP contribution < -0.4 is 10.9 Å². The molecule has 1 aromatic heterocycles. The Balaban J connectivity index is 2.60. The van der Waals surface area contributed by atoms with Crippen molar-refractivity contribution in [3.05, 3.63) is 40.4 Å². The molecule has 112 valence electrons. The number of rotatable bonds is 5. The Morgan fingerprint density at radius 3 is 2.76 bits per heavy atom. The molecule has 2 rings (SSSR count). The lowest BCUT2D eigenvalue weighted by Gasteiger charge is -2.14. The van der Waals surface area contributed by atoms with Crippen molar-refractivity contribution in [3.8, 4) is 0 Å². The first-order chi connectivity index (χ1) is 10.0. The molecule has 0 fully saturated rings. The second-order valence-electron chi connectivity index (χ2n) is 5.03. The third-order valence-corrected chi connectivity index (χ3v) is 3.00. The summed E-state index contributed by atoms with van der Waals surface area (Å²) in [5.74, 6) is -0.242. The molecular formula is C15H19N3O3. The van der Waals surface area contributed by atoms with Crippen molar-refractivity contribution in [2.24, 2.45) is 0 Å². The van der Waals surface area contributed by atoms with Crippen LogP contribution in [0.3, 0.4) is 0 Å². The molecule has 0 radical (unpaired) electrons. The van der Waals surface area contributed by atoms with Gasteiger partial charge >= 0.3 is 0 Å². The molecule has 21 heavy (non-hydrogen) atoms. The molecule has 0 saturated heterocycles. The Bertz CT molecular complexity index is 707. The summed E-state index contributed by atoms with van der Waals surface area (Å²) in [7, 11) is 1.55. The van der Waals surface area contributed by atoms with E-state index in [1.54, 1.807) is 31.4 Å². The molecule has 0 atom stereocenters. The zero-order valence-electron chi connectivity index (χ0n) is 12.4. The molecule has 0 bridgehead atoms. The van der Waals surface area contributed by atoms with Gasteiger partial charge in [0.25, 0.3) is 11.5 Å². The fourth-order valence-electron chi connectivity index (χ4n) is 2.06. The van der Waals surface area contributed by atoms with Gasteiger partial charge in [0.2, 0.25) is 5.82 Å². The second-order valence-corrected chi connectivity index (χ2v) is 5.03. The molecule has 6 nitrogen and oxygen atoms in total. The highest BCUT2D eigenvalue weighted by molar-refractivity contribution is 5.93. The molecule has 0 unspecified atom stereocenters. The molecule has 2 aromatic rings. The molecule has 0 aliphatic heterocycles. The van der Waals surface area contributed by atoms with Crippen LogP contribution in [0, 0.1) is 0 Å². The monoisotopic (exact) mass is 289 g/mol. The first-order valence-corrected chi connectivity index (χ1v) is 6.84. The smallest absolute Gasteiger partial charge is 0.287 e. The Hall–Kier alpha value is -2.21. The van der Waals surface area contributed by atoms with Gasteiger partial charge in [0, 0.05) is 13.2 Å². The number of para-hydroxylation sites is 1. The fraction of sp³-hybridized carbons (Fsp3) is 0.400. The van der Waals surface area contributed by atoms with Crippen LogP contribution in [0.4, 0.5) is 0 Å². The third kappa shape index (κ3) is 3.28. The highest BCUT2D eigenvalue weighted by atomic mass is 16.5. The lowest BCUT2D eigenvalue weighted by Crippen LogP contribution is -2.37. The van der Waals surface area contributed by atoms with Crippen molar-refractivity contribution in [2.75, 3.05) is 13.7 Å². The minimum absolute atomic E-state index is 0.0308. The van der Waals surface area contributed by atoms with Crippen LogP contribution >= 0.6 is 0 Å². The van der Waals surface area contributed by atoms with Crippen LogP contribution in [-0.2, 0) is 11.3 Å². The Morgan fingerprint density at radius 1 is 1.38 bits per heavy atom. The molecule has 1 aromatic carbocycles. The summed E-state index contributed by atoms with van der Waals surface area (Å²) in [6, 6.07) is 6.97. The zero-order chi connectivity index (χ0) is 15.4. The normalized spacial score (nSPS) is 11.0. The molecule has 1 N–H and O–H groups in total. The number of carbonyl (C=O) groups excluding carboxylic acids is 1. The SMILES string of the molecule is COCCn1c(C(=O)NC(C)C)nc2ccccc2c1=O. The number of hydrogen-bond donors (Lipinski definition) is 1. The minimum Gasteiger partial charge on any atom is -0.383 e. The van der Waals surface area contributed by atoms with Crippen molar-refractivity contribution in [3.63, 3.8) is 0 Å². The Kier molecular flexibility index (Phi) is 4.70. The van der Waals surface area contributed by atoms with E-state index in [9.17, 15) is 9.59 Å². The van der Waals surface area contributed by atoms with Gasteiger partial charge in [-0.05, 0) is 26.0 Å². The standard InChI is InChI=1S/C15H19N3O3/c1-10(2)16-14(19)13-17-12-7-5-4-6-11(12)15(20)18(13)8-9-21-3/h4-7,10H,8-9H2,1-3H3,(H,16,19). The van der Waals surface area contributed by atoms with E-state index in [-0.39, 0.29) is 29.9 Å². The highest BCUT2D eigenvalue weighted by Crippen LogP contribution is 2.08. The summed E-state index contributed by atoms with van der Waals surface area (Å²) in [6.07, 6.45) is 0. The van der Waals surface area contributed by atoms with Crippen LogP contribution in [0.15, 0.2) is 29.1 Å². The number of ether oxygens (including phenoxy) is 1. The van der Waals surface area contributed by atoms with Gasteiger partial charge in [0.15, 0.2) is 0 Å². The quantitative estimate of drug-likeness (QED) is 0.897. The average molecular weight is 289 g/mol. The van der Waals surface area contributed by atoms with Crippen LogP contribution in [0.25, 0.3) is 10.9 Å². The summed E-state index contributed by atoms with van der Waals surface area (Å²) in [4.78, 5) is 29.1. The van der Waals surface area contributed by atoms with E-state index < -0.39 is 0 Å². The number of hydrogen-bond acceptors (Lipinski definition) is 4. The predicted octanol–water partition coefficient (Wildman–Crippen LogP) is 1.18. The summed E-state index contributed by atoms with van der Waals surface area (Å²) in [5.41, 5.74) is 0.289. The lowest BCUT2D eigenvalue weighted by molar-refractivity contribution is 0.0923. The number of nitrogens with one attached hydrogen (secondary N) is 1. The average Bonchev–Trinajstić information content (AvgIpc) is 2.45. The molecule has 1 amide bonds. The van der Waals surface area contributed by atoms with Crippen molar-refractivity contribution < 1.29 is 9.53 Å². The van der Waals surface area contributed by atoms with Gasteiger partial charge in [-0.25, -0.2) is 4.98 Å². The maximum atomic E-state index is 12.5. The number of fused-ring (bicyclic) bond motifs is 1. The zero-order valence-corrected chi connectivity index (χ0v) is 12.4. The molecule has 0 aliphatic carbocycles. The van der Waals surface area contributed by atoms with E-state index in [1.807, 2.05) is 13.8 Å². The minimum atomic E-state index is -0.357. The number of methoxy groups -OCH3 is 1. The molecule has 0 aliphatic rings. The number of amides is 1. The maximum absolute atomic E-state index is 12.5. The molecule has 0 saturated carbocycles. The van der Waals surface area contributed by atoms with E-state index in [0.717, 1.165) is 0 Å². The number of benzene rings is 1. The topological polar surface area (TPSA) is 73.2 Å². The molecular weight excluding hydrogens is 270 g/mol.